The molecule has 0 aliphatic carbocycles. The smallest absolute Gasteiger partial charge is 0.223 e. The lowest BCUT2D eigenvalue weighted by molar-refractivity contribution is -0.117. The van der Waals surface area contributed by atoms with Crippen LogP contribution in [-0.2, 0) is 17.8 Å². The second-order valence-corrected chi connectivity index (χ2v) is 3.75. The summed E-state index contributed by atoms with van der Waals surface area (Å²) in [5.74, 6) is -1.84. The average Bonchev–Trinajstić information content (AvgIpc) is 2.70. The van der Waals surface area contributed by atoms with Gasteiger partial charge < -0.3 is 5.73 Å². The lowest BCUT2D eigenvalue weighted by Crippen LogP contribution is -2.13. The first-order chi connectivity index (χ1) is 8.56. The molecule has 0 spiro atoms. The van der Waals surface area contributed by atoms with Crippen molar-refractivity contribution in [2.24, 2.45) is 5.73 Å². The van der Waals surface area contributed by atoms with Crippen LogP contribution in [0.3, 0.4) is 0 Å². The highest BCUT2D eigenvalue weighted by Crippen LogP contribution is 2.13. The monoisotopic (exact) mass is 252 g/mol. The Kier molecular flexibility index (Phi) is 3.31. The van der Waals surface area contributed by atoms with Crippen molar-refractivity contribution >= 4 is 5.91 Å². The molecule has 7 heteroatoms. The predicted octanol–water partition coefficient (Wildman–Crippen LogP) is 0.632. The maximum absolute atomic E-state index is 13.4. The van der Waals surface area contributed by atoms with Gasteiger partial charge in [0.05, 0.1) is 18.7 Å². The second-order valence-electron chi connectivity index (χ2n) is 3.75. The summed E-state index contributed by atoms with van der Waals surface area (Å²) in [5, 5.41) is 7.35. The van der Waals surface area contributed by atoms with Crippen LogP contribution in [0.1, 0.15) is 11.3 Å². The molecular formula is C11H10F2N4O. The third kappa shape index (κ3) is 2.68. The molecule has 1 aromatic carbocycles. The predicted molar refractivity (Wildman–Crippen MR) is 58.4 cm³/mol. The Morgan fingerprint density at radius 2 is 2.00 bits per heavy atom. The quantitative estimate of drug-likeness (QED) is 0.867. The normalized spacial score (nSPS) is 10.6. The van der Waals surface area contributed by atoms with Crippen LogP contribution >= 0.6 is 0 Å². The molecule has 1 amide bonds. The van der Waals surface area contributed by atoms with E-state index in [2.05, 4.69) is 10.3 Å². The van der Waals surface area contributed by atoms with Crippen LogP contribution in [0, 0.1) is 11.6 Å². The van der Waals surface area contributed by atoms with Crippen molar-refractivity contribution < 1.29 is 13.6 Å². The van der Waals surface area contributed by atoms with Crippen molar-refractivity contribution in [1.29, 1.82) is 0 Å². The number of amides is 1. The molecule has 5 nitrogen and oxygen atoms in total. The molecule has 2 N–H and O–H groups in total. The van der Waals surface area contributed by atoms with Crippen LogP contribution in [0.5, 0.6) is 0 Å². The van der Waals surface area contributed by atoms with E-state index in [1.807, 2.05) is 0 Å². The first kappa shape index (κ1) is 12.2. The Balaban J connectivity index is 2.19. The highest BCUT2D eigenvalue weighted by molar-refractivity contribution is 5.75. The van der Waals surface area contributed by atoms with Crippen molar-refractivity contribution in [2.45, 2.75) is 13.0 Å². The zero-order valence-corrected chi connectivity index (χ0v) is 9.31. The molecule has 0 aliphatic heterocycles. The maximum atomic E-state index is 13.4. The Morgan fingerprint density at radius 1 is 1.33 bits per heavy atom. The van der Waals surface area contributed by atoms with Gasteiger partial charge >= 0.3 is 0 Å². The van der Waals surface area contributed by atoms with Gasteiger partial charge in [-0.25, -0.2) is 13.5 Å². The van der Waals surface area contributed by atoms with Crippen LogP contribution in [0.15, 0.2) is 24.4 Å². The fraction of sp³-hybridized carbons (Fsp3) is 0.182. The molecular weight excluding hydrogens is 242 g/mol. The fourth-order valence-corrected chi connectivity index (χ4v) is 1.52. The number of nitrogens with zero attached hydrogens (tertiary/aromatic N) is 3. The maximum Gasteiger partial charge on any atom is 0.223 e. The largest absolute Gasteiger partial charge is 0.369 e. The van der Waals surface area contributed by atoms with E-state index in [-0.39, 0.29) is 18.5 Å². The Labute approximate surface area is 101 Å². The number of rotatable bonds is 4. The van der Waals surface area contributed by atoms with Crippen LogP contribution in [0.25, 0.3) is 0 Å². The first-order valence-corrected chi connectivity index (χ1v) is 5.16. The summed E-state index contributed by atoms with van der Waals surface area (Å²) in [6, 6.07) is 3.62. The zero-order chi connectivity index (χ0) is 13.1. The SMILES string of the molecule is NC(=O)Cc1cn(Cc2c(F)cccc2F)nn1. The molecule has 0 radical (unpaired) electrons. The van der Waals surface area contributed by atoms with Crippen LogP contribution in [0.4, 0.5) is 8.78 Å². The van der Waals surface area contributed by atoms with Crippen molar-refractivity contribution in [2.75, 3.05) is 0 Å². The minimum Gasteiger partial charge on any atom is -0.369 e. The first-order valence-electron chi connectivity index (χ1n) is 5.16. The summed E-state index contributed by atoms with van der Waals surface area (Å²) in [6.07, 6.45) is 1.37. The van der Waals surface area contributed by atoms with Gasteiger partial charge in [0.2, 0.25) is 5.91 Å². The molecule has 0 atom stereocenters. The van der Waals surface area contributed by atoms with Gasteiger partial charge in [-0.2, -0.15) is 0 Å². The van der Waals surface area contributed by atoms with Gasteiger partial charge in [-0.3, -0.25) is 4.79 Å². The molecule has 2 aromatic rings. The number of halogens is 2. The fourth-order valence-electron chi connectivity index (χ4n) is 1.52. The van der Waals surface area contributed by atoms with E-state index in [1.54, 1.807) is 0 Å². The van der Waals surface area contributed by atoms with Crippen molar-refractivity contribution in [1.82, 2.24) is 15.0 Å². The third-order valence-electron chi connectivity index (χ3n) is 2.32. The van der Waals surface area contributed by atoms with E-state index >= 15 is 0 Å². The van der Waals surface area contributed by atoms with Gasteiger partial charge in [0, 0.05) is 11.8 Å². The Morgan fingerprint density at radius 3 is 2.61 bits per heavy atom. The number of benzene rings is 1. The van der Waals surface area contributed by atoms with Crippen LogP contribution in [0.2, 0.25) is 0 Å². The number of carbonyl (C=O) groups excluding carboxylic acids is 1. The van der Waals surface area contributed by atoms with Gasteiger partial charge in [-0.05, 0) is 12.1 Å². The molecule has 0 unspecified atom stereocenters. The molecule has 94 valence electrons. The topological polar surface area (TPSA) is 73.8 Å². The van der Waals surface area contributed by atoms with Crippen molar-refractivity contribution in [3.05, 3.63) is 47.3 Å². The van der Waals surface area contributed by atoms with Gasteiger partial charge in [0.15, 0.2) is 0 Å². The number of hydrogen-bond acceptors (Lipinski definition) is 3. The van der Waals surface area contributed by atoms with Crippen molar-refractivity contribution in [3.63, 3.8) is 0 Å². The minimum absolute atomic E-state index is 0.0558. The number of aromatic nitrogens is 3. The Bertz CT molecular complexity index is 562. The van der Waals surface area contributed by atoms with E-state index < -0.39 is 17.5 Å². The van der Waals surface area contributed by atoms with Crippen molar-refractivity contribution in [3.8, 4) is 0 Å². The summed E-state index contributed by atoms with van der Waals surface area (Å²) < 4.78 is 28.0. The standard InChI is InChI=1S/C11H10F2N4O/c12-9-2-1-3-10(13)8(9)6-17-5-7(15-16-17)4-11(14)18/h1-3,5H,4,6H2,(H2,14,18). The lowest BCUT2D eigenvalue weighted by Gasteiger charge is -2.03. The molecule has 1 heterocycles. The number of nitrogens with two attached hydrogens (primary N) is 1. The van der Waals surface area contributed by atoms with E-state index in [4.69, 9.17) is 5.73 Å². The number of primary amides is 1. The summed E-state index contributed by atoms with van der Waals surface area (Å²) in [5.41, 5.74) is 5.26. The number of carbonyl (C=O) groups is 1. The van der Waals surface area contributed by atoms with Crippen LogP contribution < -0.4 is 5.73 Å². The summed E-state index contributed by atoms with van der Waals surface area (Å²) in [4.78, 5) is 10.7. The summed E-state index contributed by atoms with van der Waals surface area (Å²) in [6.45, 7) is -0.0930. The van der Waals surface area contributed by atoms with Gasteiger partial charge in [0.25, 0.3) is 0 Å². The van der Waals surface area contributed by atoms with Gasteiger partial charge in [0.1, 0.15) is 11.6 Å². The average molecular weight is 252 g/mol. The molecule has 0 bridgehead atoms. The van der Waals surface area contributed by atoms with Crippen LogP contribution in [-0.4, -0.2) is 20.9 Å². The molecule has 0 fully saturated rings. The van der Waals surface area contributed by atoms with E-state index in [9.17, 15) is 13.6 Å². The highest BCUT2D eigenvalue weighted by Gasteiger charge is 2.11. The van der Waals surface area contributed by atoms with E-state index in [0.29, 0.717) is 5.69 Å². The molecule has 0 aliphatic rings. The molecule has 0 saturated carbocycles. The minimum atomic E-state index is -0.651. The summed E-state index contributed by atoms with van der Waals surface area (Å²) in [7, 11) is 0. The molecule has 18 heavy (non-hydrogen) atoms. The number of hydrogen-bond donors (Lipinski definition) is 1. The molecule has 0 saturated heterocycles. The van der Waals surface area contributed by atoms with E-state index in [1.165, 1.54) is 29.1 Å². The molecule has 2 rings (SSSR count). The van der Waals surface area contributed by atoms with Gasteiger partial charge in [-0.1, -0.05) is 11.3 Å². The summed E-state index contributed by atoms with van der Waals surface area (Å²) >= 11 is 0. The van der Waals surface area contributed by atoms with E-state index in [0.717, 1.165) is 0 Å². The Hall–Kier alpha value is -2.31. The molecule has 1 aromatic heterocycles. The zero-order valence-electron chi connectivity index (χ0n) is 9.31. The van der Waals surface area contributed by atoms with Gasteiger partial charge in [-0.15, -0.1) is 5.10 Å². The third-order valence-corrected chi connectivity index (χ3v) is 2.32. The second kappa shape index (κ2) is 4.91. The lowest BCUT2D eigenvalue weighted by atomic mass is 10.2. The highest BCUT2D eigenvalue weighted by atomic mass is 19.1.